The van der Waals surface area contributed by atoms with Crippen molar-refractivity contribution >= 4 is 0 Å². The zero-order valence-corrected chi connectivity index (χ0v) is 11.5. The Morgan fingerprint density at radius 2 is 2.00 bits per heavy atom. The Morgan fingerprint density at radius 1 is 1.26 bits per heavy atom. The Morgan fingerprint density at radius 3 is 2.58 bits per heavy atom. The average molecular weight is 262 g/mol. The van der Waals surface area contributed by atoms with Crippen molar-refractivity contribution in [3.05, 3.63) is 29.8 Å². The zero-order chi connectivity index (χ0) is 13.3. The summed E-state index contributed by atoms with van der Waals surface area (Å²) >= 11 is 0. The number of rotatable bonds is 4. The van der Waals surface area contributed by atoms with Crippen LogP contribution in [0.25, 0.3) is 0 Å². The summed E-state index contributed by atoms with van der Waals surface area (Å²) in [5, 5.41) is 10.5. The molecule has 19 heavy (non-hydrogen) atoms. The first-order valence-electron chi connectivity index (χ1n) is 7.26. The summed E-state index contributed by atoms with van der Waals surface area (Å²) in [5.41, 5.74) is 0.462. The van der Waals surface area contributed by atoms with Crippen molar-refractivity contribution in [1.82, 2.24) is 0 Å². The van der Waals surface area contributed by atoms with Gasteiger partial charge < -0.3 is 14.6 Å². The van der Waals surface area contributed by atoms with E-state index in [9.17, 15) is 5.11 Å². The monoisotopic (exact) mass is 262 g/mol. The predicted molar refractivity (Wildman–Crippen MR) is 73.3 cm³/mol. The van der Waals surface area contributed by atoms with Crippen molar-refractivity contribution in [3.8, 4) is 5.75 Å². The van der Waals surface area contributed by atoms with Crippen LogP contribution in [0.15, 0.2) is 24.3 Å². The number of aliphatic hydroxyl groups is 1. The second kappa shape index (κ2) is 5.14. The normalized spacial score (nSPS) is 28.9. The molecule has 1 aromatic carbocycles. The molecule has 0 amide bonds. The summed E-state index contributed by atoms with van der Waals surface area (Å²) in [6.45, 7) is 2.75. The van der Waals surface area contributed by atoms with Crippen LogP contribution in [0.4, 0.5) is 0 Å². The third-order valence-electron chi connectivity index (χ3n) is 4.10. The first-order valence-corrected chi connectivity index (χ1v) is 7.26. The molecule has 1 aromatic rings. The van der Waals surface area contributed by atoms with Crippen molar-refractivity contribution < 1.29 is 14.6 Å². The molecule has 1 aliphatic carbocycles. The van der Waals surface area contributed by atoms with Crippen LogP contribution in [0.1, 0.15) is 50.7 Å². The Kier molecular flexibility index (Phi) is 3.50. The van der Waals surface area contributed by atoms with E-state index in [1.54, 1.807) is 0 Å². The molecule has 0 spiro atoms. The Balaban J connectivity index is 1.69. The van der Waals surface area contributed by atoms with Crippen LogP contribution in [0.5, 0.6) is 5.75 Å². The van der Waals surface area contributed by atoms with E-state index in [-0.39, 0.29) is 0 Å². The summed E-state index contributed by atoms with van der Waals surface area (Å²) < 4.78 is 11.5. The predicted octanol–water partition coefficient (Wildman–Crippen LogP) is 3.22. The fourth-order valence-electron chi connectivity index (χ4n) is 2.63. The second-order valence-electron chi connectivity index (χ2n) is 5.91. The topological polar surface area (TPSA) is 38.7 Å². The van der Waals surface area contributed by atoms with E-state index in [2.05, 4.69) is 0 Å². The molecule has 0 bridgehead atoms. The minimum Gasteiger partial charge on any atom is -0.490 e. The maximum Gasteiger partial charge on any atom is 0.119 e. The summed E-state index contributed by atoms with van der Waals surface area (Å²) in [7, 11) is 0. The van der Waals surface area contributed by atoms with E-state index in [4.69, 9.17) is 9.47 Å². The van der Waals surface area contributed by atoms with E-state index >= 15 is 0 Å². The van der Waals surface area contributed by atoms with Gasteiger partial charge in [0.15, 0.2) is 0 Å². The van der Waals surface area contributed by atoms with Gasteiger partial charge in [-0.2, -0.15) is 0 Å². The highest BCUT2D eigenvalue weighted by molar-refractivity contribution is 5.30. The summed E-state index contributed by atoms with van der Waals surface area (Å²) in [4.78, 5) is 0. The van der Waals surface area contributed by atoms with Crippen molar-refractivity contribution in [2.75, 3.05) is 6.61 Å². The van der Waals surface area contributed by atoms with Crippen molar-refractivity contribution in [3.63, 3.8) is 0 Å². The van der Waals surface area contributed by atoms with E-state index < -0.39 is 11.7 Å². The average Bonchev–Trinajstić information content (AvgIpc) is 3.24. The first kappa shape index (κ1) is 12.9. The van der Waals surface area contributed by atoms with Crippen LogP contribution in [0.2, 0.25) is 0 Å². The fourth-order valence-corrected chi connectivity index (χ4v) is 2.63. The van der Waals surface area contributed by atoms with E-state index in [1.807, 2.05) is 31.2 Å². The van der Waals surface area contributed by atoms with Gasteiger partial charge in [-0.1, -0.05) is 12.1 Å². The first-order chi connectivity index (χ1) is 9.17. The summed E-state index contributed by atoms with van der Waals surface area (Å²) in [6.07, 6.45) is 5.30. The van der Waals surface area contributed by atoms with Gasteiger partial charge in [-0.15, -0.1) is 0 Å². The minimum absolute atomic E-state index is 0.412. The quantitative estimate of drug-likeness (QED) is 0.905. The van der Waals surface area contributed by atoms with Crippen molar-refractivity contribution in [1.29, 1.82) is 0 Å². The molecule has 104 valence electrons. The lowest BCUT2D eigenvalue weighted by Gasteiger charge is -2.38. The summed E-state index contributed by atoms with van der Waals surface area (Å²) in [6, 6.07) is 7.79. The molecule has 1 N–H and O–H groups in total. The standard InChI is InChI=1S/C16H22O3/c1-16(10-2-3-11-18-16)15(17)12-4-6-13(7-5-12)19-14-8-9-14/h4-7,14-15,17H,2-3,8-11H2,1H3. The molecule has 0 radical (unpaired) electrons. The number of benzene rings is 1. The number of hydrogen-bond donors (Lipinski definition) is 1. The van der Waals surface area contributed by atoms with E-state index in [0.29, 0.717) is 6.10 Å². The molecule has 2 atom stereocenters. The van der Waals surface area contributed by atoms with E-state index in [1.165, 1.54) is 0 Å². The minimum atomic E-state index is -0.567. The summed E-state index contributed by atoms with van der Waals surface area (Å²) in [5.74, 6) is 0.896. The highest BCUT2D eigenvalue weighted by atomic mass is 16.5. The lowest BCUT2D eigenvalue weighted by atomic mass is 9.86. The van der Waals surface area contributed by atoms with Gasteiger partial charge in [-0.05, 0) is 56.7 Å². The highest BCUT2D eigenvalue weighted by Gasteiger charge is 2.36. The van der Waals surface area contributed by atoms with Gasteiger partial charge in [0.25, 0.3) is 0 Å². The zero-order valence-electron chi connectivity index (χ0n) is 11.5. The van der Waals surface area contributed by atoms with Gasteiger partial charge >= 0.3 is 0 Å². The smallest absolute Gasteiger partial charge is 0.119 e. The fraction of sp³-hybridized carbons (Fsp3) is 0.625. The molecule has 3 rings (SSSR count). The second-order valence-corrected chi connectivity index (χ2v) is 5.91. The van der Waals surface area contributed by atoms with Crippen molar-refractivity contribution in [2.45, 2.75) is 56.8 Å². The molecule has 3 heteroatoms. The number of hydrogen-bond acceptors (Lipinski definition) is 3. The van der Waals surface area contributed by atoms with Gasteiger partial charge in [0.2, 0.25) is 0 Å². The van der Waals surface area contributed by atoms with Crippen LogP contribution in [0, 0.1) is 0 Å². The SMILES string of the molecule is CC1(C(O)c2ccc(OC3CC3)cc2)CCCCO1. The lowest BCUT2D eigenvalue weighted by molar-refractivity contribution is -0.138. The van der Waals surface area contributed by atoms with Gasteiger partial charge in [0.1, 0.15) is 11.9 Å². The Hall–Kier alpha value is -1.06. The molecule has 1 saturated heterocycles. The third kappa shape index (κ3) is 2.93. The molecule has 1 saturated carbocycles. The van der Waals surface area contributed by atoms with Crippen LogP contribution < -0.4 is 4.74 Å². The third-order valence-corrected chi connectivity index (χ3v) is 4.10. The molecular weight excluding hydrogens is 240 g/mol. The largest absolute Gasteiger partial charge is 0.490 e. The van der Waals surface area contributed by atoms with Crippen LogP contribution >= 0.6 is 0 Å². The van der Waals surface area contributed by atoms with Crippen LogP contribution in [-0.4, -0.2) is 23.4 Å². The van der Waals surface area contributed by atoms with Crippen LogP contribution in [-0.2, 0) is 4.74 Å². The van der Waals surface area contributed by atoms with Gasteiger partial charge in [0, 0.05) is 6.61 Å². The van der Waals surface area contributed by atoms with E-state index in [0.717, 1.165) is 50.0 Å². The van der Waals surface area contributed by atoms with Crippen molar-refractivity contribution in [2.24, 2.45) is 0 Å². The Labute approximate surface area is 114 Å². The number of aliphatic hydroxyl groups excluding tert-OH is 1. The molecule has 2 aliphatic rings. The molecule has 0 aromatic heterocycles. The van der Waals surface area contributed by atoms with Crippen LogP contribution in [0.3, 0.4) is 0 Å². The lowest BCUT2D eigenvalue weighted by Crippen LogP contribution is -2.39. The van der Waals surface area contributed by atoms with Gasteiger partial charge in [-0.3, -0.25) is 0 Å². The molecule has 2 unspecified atom stereocenters. The molecular formula is C16H22O3. The maximum atomic E-state index is 10.5. The number of ether oxygens (including phenoxy) is 2. The highest BCUT2D eigenvalue weighted by Crippen LogP contribution is 2.37. The Bertz CT molecular complexity index is 416. The molecule has 1 heterocycles. The van der Waals surface area contributed by atoms with Gasteiger partial charge in [-0.25, -0.2) is 0 Å². The molecule has 2 fully saturated rings. The maximum absolute atomic E-state index is 10.5. The molecule has 3 nitrogen and oxygen atoms in total. The molecule has 1 aliphatic heterocycles. The van der Waals surface area contributed by atoms with Gasteiger partial charge in [0.05, 0.1) is 11.7 Å².